The van der Waals surface area contributed by atoms with Gasteiger partial charge in [-0.05, 0) is 77.0 Å². The number of hydrogen-bond acceptors (Lipinski definition) is 6. The number of allylic oxidation sites excluding steroid dienone is 6. The Labute approximate surface area is 416 Å². The van der Waals surface area contributed by atoms with Crippen LogP contribution in [0.15, 0.2) is 36.5 Å². The molecule has 0 bridgehead atoms. The van der Waals surface area contributed by atoms with Gasteiger partial charge in [0.1, 0.15) is 13.2 Å². The third-order valence-electron chi connectivity index (χ3n) is 13.1. The summed E-state index contributed by atoms with van der Waals surface area (Å²) in [6.45, 7) is 6.62. The third-order valence-corrected chi connectivity index (χ3v) is 13.1. The molecular formula is C61H112O6. The second-order valence-corrected chi connectivity index (χ2v) is 19.9. The van der Waals surface area contributed by atoms with Crippen molar-refractivity contribution >= 4 is 17.9 Å². The van der Waals surface area contributed by atoms with E-state index in [9.17, 15) is 14.4 Å². The molecule has 6 nitrogen and oxygen atoms in total. The van der Waals surface area contributed by atoms with Crippen molar-refractivity contribution in [2.45, 2.75) is 322 Å². The molecule has 0 aliphatic heterocycles. The van der Waals surface area contributed by atoms with E-state index in [1.807, 2.05) is 0 Å². The van der Waals surface area contributed by atoms with Gasteiger partial charge in [-0.25, -0.2) is 0 Å². The van der Waals surface area contributed by atoms with Gasteiger partial charge in [-0.15, -0.1) is 0 Å². The van der Waals surface area contributed by atoms with Crippen LogP contribution in [-0.2, 0) is 28.6 Å². The highest BCUT2D eigenvalue weighted by Crippen LogP contribution is 2.17. The van der Waals surface area contributed by atoms with Gasteiger partial charge in [-0.2, -0.15) is 0 Å². The fourth-order valence-corrected chi connectivity index (χ4v) is 8.65. The summed E-state index contributed by atoms with van der Waals surface area (Å²) in [5.74, 6) is -0.883. The van der Waals surface area contributed by atoms with Crippen LogP contribution in [0.1, 0.15) is 316 Å². The average molecular weight is 942 g/mol. The van der Waals surface area contributed by atoms with E-state index < -0.39 is 6.10 Å². The lowest BCUT2D eigenvalue weighted by molar-refractivity contribution is -0.167. The summed E-state index contributed by atoms with van der Waals surface area (Å²) in [4.78, 5) is 38.1. The Kier molecular flexibility index (Phi) is 54.2. The number of rotatable bonds is 54. The largest absolute Gasteiger partial charge is 0.462 e. The van der Waals surface area contributed by atoms with Crippen LogP contribution in [0.3, 0.4) is 0 Å². The van der Waals surface area contributed by atoms with Gasteiger partial charge in [0.25, 0.3) is 0 Å². The first-order chi connectivity index (χ1) is 33.0. The lowest BCUT2D eigenvalue weighted by Gasteiger charge is -2.18. The van der Waals surface area contributed by atoms with Crippen molar-refractivity contribution in [2.75, 3.05) is 13.2 Å². The molecule has 0 aliphatic rings. The van der Waals surface area contributed by atoms with Crippen molar-refractivity contribution in [3.8, 4) is 0 Å². The fraction of sp³-hybridized carbons (Fsp3) is 0.852. The van der Waals surface area contributed by atoms with Crippen molar-refractivity contribution in [3.63, 3.8) is 0 Å². The normalized spacial score (nSPS) is 12.2. The summed E-state index contributed by atoms with van der Waals surface area (Å²) >= 11 is 0. The molecule has 0 aromatic carbocycles. The molecule has 0 saturated carbocycles. The lowest BCUT2D eigenvalue weighted by atomic mass is 10.0. The minimum Gasteiger partial charge on any atom is -0.462 e. The summed E-state index contributed by atoms with van der Waals surface area (Å²) in [5, 5.41) is 0. The first-order valence-electron chi connectivity index (χ1n) is 29.5. The van der Waals surface area contributed by atoms with Crippen LogP contribution in [-0.4, -0.2) is 37.2 Å². The summed E-state index contributed by atoms with van der Waals surface area (Å²) in [5.41, 5.74) is 0. The summed E-state index contributed by atoms with van der Waals surface area (Å²) < 4.78 is 16.9. The molecule has 0 aromatic heterocycles. The zero-order valence-corrected chi connectivity index (χ0v) is 44.9. The molecule has 392 valence electrons. The molecule has 0 rings (SSSR count). The van der Waals surface area contributed by atoms with Crippen LogP contribution < -0.4 is 0 Å². The Morgan fingerprint density at radius 2 is 0.537 bits per heavy atom. The lowest BCUT2D eigenvalue weighted by Crippen LogP contribution is -2.30. The Bertz CT molecular complexity index is 1130. The molecule has 1 atom stereocenters. The van der Waals surface area contributed by atoms with E-state index in [1.165, 1.54) is 186 Å². The van der Waals surface area contributed by atoms with Gasteiger partial charge in [0.15, 0.2) is 6.10 Å². The van der Waals surface area contributed by atoms with E-state index in [0.29, 0.717) is 19.3 Å². The second-order valence-electron chi connectivity index (χ2n) is 19.9. The highest BCUT2D eigenvalue weighted by molar-refractivity contribution is 5.71. The summed E-state index contributed by atoms with van der Waals surface area (Å²) in [7, 11) is 0. The predicted molar refractivity (Wildman–Crippen MR) is 289 cm³/mol. The van der Waals surface area contributed by atoms with Gasteiger partial charge in [0.05, 0.1) is 0 Å². The number of unbranched alkanes of at least 4 members (excludes halogenated alkanes) is 37. The molecule has 0 radical (unpaired) electrons. The number of carbonyl (C=O) groups excluding carboxylic acids is 3. The summed E-state index contributed by atoms with van der Waals surface area (Å²) in [6.07, 6.45) is 67.1. The molecule has 0 N–H and O–H groups in total. The number of hydrogen-bond donors (Lipinski definition) is 0. The highest BCUT2D eigenvalue weighted by Gasteiger charge is 2.19. The van der Waals surface area contributed by atoms with Crippen LogP contribution in [0.2, 0.25) is 0 Å². The fourth-order valence-electron chi connectivity index (χ4n) is 8.65. The van der Waals surface area contributed by atoms with Gasteiger partial charge >= 0.3 is 17.9 Å². The predicted octanol–water partition coefficient (Wildman–Crippen LogP) is 19.7. The second kappa shape index (κ2) is 56.2. The smallest absolute Gasteiger partial charge is 0.306 e. The minimum absolute atomic E-state index is 0.0769. The quantitative estimate of drug-likeness (QED) is 0.0262. The molecule has 1 unspecified atom stereocenters. The van der Waals surface area contributed by atoms with E-state index in [1.54, 1.807) is 0 Å². The number of ether oxygens (including phenoxy) is 3. The SMILES string of the molecule is CCCCC/C=C\C/C=C\CCCCCCCC(=O)OC(COC(=O)CCCCCCC/C=C\CCCCCC)COC(=O)CCCCCCCCCCCCCCCCCCCCCCC. The van der Waals surface area contributed by atoms with Crippen molar-refractivity contribution in [3.05, 3.63) is 36.5 Å². The standard InChI is InChI=1S/C61H112O6/c1-4-7-10-13-16-19-22-25-27-28-29-30-31-32-34-36-39-42-45-48-51-54-60(63)66-57-58(56-65-59(62)53-50-47-44-41-38-35-24-21-18-15-12-9-6-3)67-61(64)55-52-49-46-43-40-37-33-26-23-20-17-14-11-8-5-2/h17,20-21,24,26,33,58H,4-16,18-19,22-23,25,27-32,34-57H2,1-3H3/b20-17-,24-21-,33-26-. The third kappa shape index (κ3) is 54.4. The van der Waals surface area contributed by atoms with Crippen LogP contribution in [0.4, 0.5) is 0 Å². The van der Waals surface area contributed by atoms with E-state index in [0.717, 1.165) is 89.9 Å². The topological polar surface area (TPSA) is 78.9 Å². The first-order valence-corrected chi connectivity index (χ1v) is 29.5. The zero-order chi connectivity index (χ0) is 48.6. The maximum absolute atomic E-state index is 12.8. The zero-order valence-electron chi connectivity index (χ0n) is 44.9. The van der Waals surface area contributed by atoms with Gasteiger partial charge in [0.2, 0.25) is 0 Å². The maximum atomic E-state index is 12.8. The van der Waals surface area contributed by atoms with Gasteiger partial charge < -0.3 is 14.2 Å². The molecule has 0 spiro atoms. The van der Waals surface area contributed by atoms with E-state index in [4.69, 9.17) is 14.2 Å². The molecule has 0 amide bonds. The number of esters is 3. The van der Waals surface area contributed by atoms with Gasteiger partial charge in [-0.1, -0.05) is 256 Å². The van der Waals surface area contributed by atoms with Gasteiger partial charge in [-0.3, -0.25) is 14.4 Å². The van der Waals surface area contributed by atoms with Crippen LogP contribution in [0.25, 0.3) is 0 Å². The molecule has 0 saturated heterocycles. The molecule has 0 heterocycles. The Balaban J connectivity index is 4.30. The molecule has 0 aromatic rings. The van der Waals surface area contributed by atoms with E-state index in [2.05, 4.69) is 57.2 Å². The van der Waals surface area contributed by atoms with Crippen LogP contribution in [0.5, 0.6) is 0 Å². The van der Waals surface area contributed by atoms with Crippen molar-refractivity contribution in [1.82, 2.24) is 0 Å². The van der Waals surface area contributed by atoms with Gasteiger partial charge in [0, 0.05) is 19.3 Å². The van der Waals surface area contributed by atoms with Crippen LogP contribution >= 0.6 is 0 Å². The van der Waals surface area contributed by atoms with E-state index in [-0.39, 0.29) is 31.1 Å². The van der Waals surface area contributed by atoms with E-state index >= 15 is 0 Å². The summed E-state index contributed by atoms with van der Waals surface area (Å²) in [6, 6.07) is 0. The monoisotopic (exact) mass is 941 g/mol. The molecular weight excluding hydrogens is 829 g/mol. The maximum Gasteiger partial charge on any atom is 0.306 e. The van der Waals surface area contributed by atoms with Crippen molar-refractivity contribution < 1.29 is 28.6 Å². The van der Waals surface area contributed by atoms with Crippen LogP contribution in [0, 0.1) is 0 Å². The first kappa shape index (κ1) is 64.6. The highest BCUT2D eigenvalue weighted by atomic mass is 16.6. The minimum atomic E-state index is -0.780. The number of carbonyl (C=O) groups is 3. The molecule has 0 aliphatic carbocycles. The Morgan fingerprint density at radius 3 is 0.881 bits per heavy atom. The molecule has 0 fully saturated rings. The average Bonchev–Trinajstić information content (AvgIpc) is 3.33. The molecule has 6 heteroatoms. The van der Waals surface area contributed by atoms with Crippen molar-refractivity contribution in [2.24, 2.45) is 0 Å². The van der Waals surface area contributed by atoms with Crippen molar-refractivity contribution in [1.29, 1.82) is 0 Å². The molecule has 67 heavy (non-hydrogen) atoms. The Morgan fingerprint density at radius 1 is 0.299 bits per heavy atom. The Hall–Kier alpha value is -2.37.